The Morgan fingerprint density at radius 1 is 1.32 bits per heavy atom. The molecule has 2 rings (SSSR count). The van der Waals surface area contributed by atoms with E-state index in [4.69, 9.17) is 0 Å². The minimum atomic E-state index is 0.0962. The van der Waals surface area contributed by atoms with Crippen molar-refractivity contribution < 1.29 is 4.79 Å². The first-order valence-corrected chi connectivity index (χ1v) is 8.02. The lowest BCUT2D eigenvalue weighted by Gasteiger charge is -2.31. The molecular weight excluding hydrogens is 254 g/mol. The summed E-state index contributed by atoms with van der Waals surface area (Å²) in [5, 5.41) is 0. The lowest BCUT2D eigenvalue weighted by molar-refractivity contribution is -0.122. The minimum Gasteiger partial charge on any atom is -0.298 e. The van der Waals surface area contributed by atoms with Crippen molar-refractivity contribution in [2.24, 2.45) is 0 Å². The highest BCUT2D eigenvalue weighted by molar-refractivity contribution is 7.99. The number of thioether (sulfide) groups is 1. The van der Waals surface area contributed by atoms with E-state index in [1.807, 2.05) is 11.8 Å². The summed E-state index contributed by atoms with van der Waals surface area (Å²) >= 11 is 1.89. The third-order valence-electron chi connectivity index (χ3n) is 3.96. The monoisotopic (exact) mass is 277 g/mol. The van der Waals surface area contributed by atoms with Gasteiger partial charge in [-0.05, 0) is 44.5 Å². The van der Waals surface area contributed by atoms with Crippen LogP contribution in [-0.4, -0.2) is 41.8 Å². The molecular formula is C16H23NOS. The van der Waals surface area contributed by atoms with Gasteiger partial charge in [0.15, 0.2) is 5.78 Å². The third kappa shape index (κ3) is 3.40. The first-order chi connectivity index (χ1) is 8.99. The Hall–Kier alpha value is -0.800. The summed E-state index contributed by atoms with van der Waals surface area (Å²) in [6.07, 6.45) is 0.577. The van der Waals surface area contributed by atoms with Gasteiger partial charge in [0.1, 0.15) is 0 Å². The van der Waals surface area contributed by atoms with Gasteiger partial charge >= 0.3 is 0 Å². The van der Waals surface area contributed by atoms with Gasteiger partial charge in [0.2, 0.25) is 0 Å². The van der Waals surface area contributed by atoms with Crippen LogP contribution in [0.1, 0.15) is 22.3 Å². The fourth-order valence-electron chi connectivity index (χ4n) is 2.81. The molecule has 0 radical (unpaired) electrons. The molecule has 0 aromatic heterocycles. The second-order valence-corrected chi connectivity index (χ2v) is 6.74. The standard InChI is InChI=1S/C16H23NOS/c1-11-7-12(2)14(13(3)8-11)9-16(18)15-10-19-6-5-17(15)4/h7-8,15H,5-6,9-10H2,1-4H3. The zero-order chi connectivity index (χ0) is 14.0. The zero-order valence-corrected chi connectivity index (χ0v) is 13.1. The van der Waals surface area contributed by atoms with Crippen molar-refractivity contribution in [1.29, 1.82) is 0 Å². The Labute approximate surface area is 120 Å². The topological polar surface area (TPSA) is 20.3 Å². The third-order valence-corrected chi connectivity index (χ3v) is 4.98. The van der Waals surface area contributed by atoms with Crippen molar-refractivity contribution in [3.05, 3.63) is 34.4 Å². The van der Waals surface area contributed by atoms with Gasteiger partial charge in [0.25, 0.3) is 0 Å². The number of aryl methyl sites for hydroxylation is 3. The number of likely N-dealkylation sites (N-methyl/N-ethyl adjacent to an activating group) is 1. The van der Waals surface area contributed by atoms with Crippen molar-refractivity contribution >= 4 is 17.5 Å². The van der Waals surface area contributed by atoms with Crippen LogP contribution in [-0.2, 0) is 11.2 Å². The van der Waals surface area contributed by atoms with E-state index in [0.717, 1.165) is 18.1 Å². The van der Waals surface area contributed by atoms with Gasteiger partial charge in [-0.1, -0.05) is 17.7 Å². The lowest BCUT2D eigenvalue weighted by atomic mass is 9.94. The molecule has 1 heterocycles. The maximum atomic E-state index is 12.5. The molecule has 0 saturated carbocycles. The van der Waals surface area contributed by atoms with Crippen LogP contribution in [0.2, 0.25) is 0 Å². The van der Waals surface area contributed by atoms with Gasteiger partial charge in [0.05, 0.1) is 6.04 Å². The van der Waals surface area contributed by atoms with Crippen molar-refractivity contribution in [2.45, 2.75) is 33.2 Å². The van der Waals surface area contributed by atoms with E-state index < -0.39 is 0 Å². The number of nitrogens with zero attached hydrogens (tertiary/aromatic N) is 1. The average Bonchev–Trinajstić information content (AvgIpc) is 2.34. The summed E-state index contributed by atoms with van der Waals surface area (Å²) in [6, 6.07) is 4.45. The number of hydrogen-bond acceptors (Lipinski definition) is 3. The SMILES string of the molecule is Cc1cc(C)c(CC(=O)C2CSCCN2C)c(C)c1. The summed E-state index contributed by atoms with van der Waals surface area (Å²) in [7, 11) is 2.07. The number of carbonyl (C=O) groups is 1. The Bertz CT molecular complexity index is 461. The van der Waals surface area contributed by atoms with Crippen molar-refractivity contribution in [3.63, 3.8) is 0 Å². The predicted molar refractivity (Wildman–Crippen MR) is 83.1 cm³/mol. The summed E-state index contributed by atoms with van der Waals surface area (Å²) in [5.74, 6) is 2.45. The molecule has 0 aliphatic carbocycles. The maximum absolute atomic E-state index is 12.5. The van der Waals surface area contributed by atoms with E-state index in [-0.39, 0.29) is 6.04 Å². The quantitative estimate of drug-likeness (QED) is 0.847. The van der Waals surface area contributed by atoms with E-state index in [1.165, 1.54) is 22.3 Å². The predicted octanol–water partition coefficient (Wildman–Crippen LogP) is 2.77. The summed E-state index contributed by atoms with van der Waals surface area (Å²) in [4.78, 5) is 14.7. The highest BCUT2D eigenvalue weighted by Crippen LogP contribution is 2.21. The largest absolute Gasteiger partial charge is 0.298 e. The molecule has 1 aromatic carbocycles. The number of carbonyl (C=O) groups excluding carboxylic acids is 1. The molecule has 0 spiro atoms. The minimum absolute atomic E-state index is 0.0962. The van der Waals surface area contributed by atoms with Crippen molar-refractivity contribution in [2.75, 3.05) is 25.1 Å². The van der Waals surface area contributed by atoms with Crippen LogP contribution in [0.5, 0.6) is 0 Å². The van der Waals surface area contributed by atoms with Crippen LogP contribution in [0.4, 0.5) is 0 Å². The molecule has 2 nitrogen and oxygen atoms in total. The molecule has 1 aliphatic rings. The van der Waals surface area contributed by atoms with Crippen molar-refractivity contribution in [1.82, 2.24) is 4.90 Å². The Balaban J connectivity index is 2.14. The highest BCUT2D eigenvalue weighted by atomic mass is 32.2. The fraction of sp³-hybridized carbons (Fsp3) is 0.562. The second kappa shape index (κ2) is 6.10. The second-order valence-electron chi connectivity index (χ2n) is 5.59. The van der Waals surface area contributed by atoms with E-state index in [9.17, 15) is 4.79 Å². The van der Waals surface area contributed by atoms with Gasteiger partial charge in [-0.25, -0.2) is 0 Å². The van der Waals surface area contributed by atoms with Gasteiger partial charge in [-0.15, -0.1) is 0 Å². The van der Waals surface area contributed by atoms with Crippen molar-refractivity contribution in [3.8, 4) is 0 Å². The highest BCUT2D eigenvalue weighted by Gasteiger charge is 2.26. The van der Waals surface area contributed by atoms with E-state index in [0.29, 0.717) is 12.2 Å². The van der Waals surface area contributed by atoms with Gasteiger partial charge in [-0.3, -0.25) is 9.69 Å². The molecule has 0 bridgehead atoms. The van der Waals surface area contributed by atoms with Crippen LogP contribution in [0.3, 0.4) is 0 Å². The molecule has 1 atom stereocenters. The first kappa shape index (κ1) is 14.6. The summed E-state index contributed by atoms with van der Waals surface area (Å²) < 4.78 is 0. The average molecular weight is 277 g/mol. The van der Waals surface area contributed by atoms with Crippen LogP contribution in [0.25, 0.3) is 0 Å². The van der Waals surface area contributed by atoms with Gasteiger partial charge in [0, 0.05) is 24.5 Å². The number of rotatable bonds is 3. The number of Topliss-reactive ketones (excluding diaryl/α,β-unsaturated/α-hetero) is 1. The van der Waals surface area contributed by atoms with E-state index in [1.54, 1.807) is 0 Å². The summed E-state index contributed by atoms with van der Waals surface area (Å²) in [6.45, 7) is 7.36. The molecule has 1 aromatic rings. The molecule has 1 saturated heterocycles. The number of hydrogen-bond donors (Lipinski definition) is 0. The number of benzene rings is 1. The van der Waals surface area contributed by atoms with E-state index >= 15 is 0 Å². The molecule has 3 heteroatoms. The Morgan fingerprint density at radius 2 is 1.95 bits per heavy atom. The molecule has 19 heavy (non-hydrogen) atoms. The fourth-order valence-corrected chi connectivity index (χ4v) is 4.05. The van der Waals surface area contributed by atoms with Gasteiger partial charge in [-0.2, -0.15) is 11.8 Å². The molecule has 104 valence electrons. The Kier molecular flexibility index (Phi) is 4.69. The van der Waals surface area contributed by atoms with E-state index in [2.05, 4.69) is 44.9 Å². The van der Waals surface area contributed by atoms with Crippen LogP contribution >= 0.6 is 11.8 Å². The molecule has 1 unspecified atom stereocenters. The Morgan fingerprint density at radius 3 is 2.53 bits per heavy atom. The maximum Gasteiger partial charge on any atom is 0.155 e. The molecule has 0 amide bonds. The normalized spacial score (nSPS) is 20.5. The van der Waals surface area contributed by atoms with Gasteiger partial charge < -0.3 is 0 Å². The summed E-state index contributed by atoms with van der Waals surface area (Å²) in [5.41, 5.74) is 4.99. The molecule has 1 aliphatic heterocycles. The number of ketones is 1. The van der Waals surface area contributed by atoms with Crippen LogP contribution < -0.4 is 0 Å². The molecule has 0 N–H and O–H groups in total. The lowest BCUT2D eigenvalue weighted by Crippen LogP contribution is -2.45. The molecule has 1 fully saturated rings. The zero-order valence-electron chi connectivity index (χ0n) is 12.3. The first-order valence-electron chi connectivity index (χ1n) is 6.86. The van der Waals surface area contributed by atoms with Crippen LogP contribution in [0.15, 0.2) is 12.1 Å². The smallest absolute Gasteiger partial charge is 0.155 e. The van der Waals surface area contributed by atoms with Crippen LogP contribution in [0, 0.1) is 20.8 Å².